The van der Waals surface area contributed by atoms with Crippen molar-refractivity contribution in [3.05, 3.63) is 29.8 Å². The van der Waals surface area contributed by atoms with Crippen molar-refractivity contribution in [1.29, 1.82) is 0 Å². The third-order valence-electron chi connectivity index (χ3n) is 3.36. The van der Waals surface area contributed by atoms with Crippen LogP contribution in [0.4, 0.5) is 5.69 Å². The summed E-state index contributed by atoms with van der Waals surface area (Å²) in [5.74, 6) is 0.280. The molecule has 98 valence electrons. The van der Waals surface area contributed by atoms with Crippen LogP contribution in [0.3, 0.4) is 0 Å². The molecule has 1 fully saturated rings. The van der Waals surface area contributed by atoms with Gasteiger partial charge < -0.3 is 10.1 Å². The molecule has 1 atom stereocenters. The first-order valence-electron chi connectivity index (χ1n) is 6.68. The molecule has 0 saturated heterocycles. The molecule has 1 saturated carbocycles. The van der Waals surface area contributed by atoms with Crippen molar-refractivity contribution in [3.63, 3.8) is 0 Å². The Balaban J connectivity index is 2.00. The molecular formula is C15H21NO2. The zero-order valence-electron chi connectivity index (χ0n) is 11.1. The van der Waals surface area contributed by atoms with Crippen LogP contribution in [0.1, 0.15) is 31.7 Å². The molecule has 0 aliphatic heterocycles. The van der Waals surface area contributed by atoms with E-state index in [9.17, 15) is 4.79 Å². The smallest absolute Gasteiger partial charge is 0.328 e. The lowest BCUT2D eigenvalue weighted by Gasteiger charge is -2.17. The summed E-state index contributed by atoms with van der Waals surface area (Å²) >= 11 is 0. The number of aryl methyl sites for hydroxylation is 1. The van der Waals surface area contributed by atoms with Gasteiger partial charge in [0.25, 0.3) is 0 Å². The number of hydrogen-bond acceptors (Lipinski definition) is 3. The summed E-state index contributed by atoms with van der Waals surface area (Å²) in [6, 6.07) is 8.14. The number of anilines is 1. The van der Waals surface area contributed by atoms with Crippen molar-refractivity contribution >= 4 is 11.7 Å². The summed E-state index contributed by atoms with van der Waals surface area (Å²) in [7, 11) is 1.45. The third kappa shape index (κ3) is 3.25. The Labute approximate surface area is 109 Å². The summed E-state index contributed by atoms with van der Waals surface area (Å²) < 4.78 is 4.85. The normalized spacial score (nSPS) is 16.1. The molecule has 0 aromatic heterocycles. The largest absolute Gasteiger partial charge is 0.467 e. The maximum absolute atomic E-state index is 11.7. The summed E-state index contributed by atoms with van der Waals surface area (Å²) in [5, 5.41) is 3.29. The lowest BCUT2D eigenvalue weighted by molar-refractivity contribution is -0.142. The fraction of sp³-hybridized carbons (Fsp3) is 0.533. The van der Waals surface area contributed by atoms with E-state index in [4.69, 9.17) is 4.74 Å². The first-order chi connectivity index (χ1) is 8.74. The Morgan fingerprint density at radius 1 is 1.39 bits per heavy atom. The second-order valence-corrected chi connectivity index (χ2v) is 4.93. The van der Waals surface area contributed by atoms with E-state index < -0.39 is 0 Å². The molecule has 1 unspecified atom stereocenters. The molecule has 0 spiro atoms. The maximum Gasteiger partial charge on any atom is 0.328 e. The highest BCUT2D eigenvalue weighted by molar-refractivity contribution is 5.80. The zero-order chi connectivity index (χ0) is 13.0. The van der Waals surface area contributed by atoms with Crippen LogP contribution < -0.4 is 5.32 Å². The van der Waals surface area contributed by atoms with E-state index in [1.165, 1.54) is 12.7 Å². The van der Waals surface area contributed by atoms with Crippen molar-refractivity contribution in [2.45, 2.75) is 38.6 Å². The van der Waals surface area contributed by atoms with Gasteiger partial charge in [-0.15, -0.1) is 0 Å². The quantitative estimate of drug-likeness (QED) is 0.785. The monoisotopic (exact) mass is 247 g/mol. The van der Waals surface area contributed by atoms with Gasteiger partial charge in [0.1, 0.15) is 6.04 Å². The minimum atomic E-state index is -0.188. The van der Waals surface area contributed by atoms with Gasteiger partial charge in [-0.2, -0.15) is 0 Å². The highest BCUT2D eigenvalue weighted by Crippen LogP contribution is 2.34. The first kappa shape index (κ1) is 12.9. The van der Waals surface area contributed by atoms with Gasteiger partial charge in [0, 0.05) is 5.69 Å². The van der Waals surface area contributed by atoms with E-state index in [0.29, 0.717) is 5.92 Å². The van der Waals surface area contributed by atoms with Gasteiger partial charge in [0.05, 0.1) is 7.11 Å². The topological polar surface area (TPSA) is 38.3 Å². The number of esters is 1. The standard InChI is InChI=1S/C15H21NO2/c1-3-4-11-5-9-13(10-6-11)16-14(12-7-8-12)15(17)18-2/h5-6,9-10,12,14,16H,3-4,7-8H2,1-2H3. The highest BCUT2D eigenvalue weighted by atomic mass is 16.5. The van der Waals surface area contributed by atoms with Gasteiger partial charge in [-0.05, 0) is 42.9 Å². The van der Waals surface area contributed by atoms with E-state index >= 15 is 0 Å². The number of rotatable bonds is 6. The van der Waals surface area contributed by atoms with Crippen LogP contribution in [0.15, 0.2) is 24.3 Å². The number of methoxy groups -OCH3 is 1. The average molecular weight is 247 g/mol. The van der Waals surface area contributed by atoms with Crippen molar-refractivity contribution < 1.29 is 9.53 Å². The lowest BCUT2D eigenvalue weighted by atomic mass is 10.1. The zero-order valence-corrected chi connectivity index (χ0v) is 11.1. The van der Waals surface area contributed by atoms with Crippen LogP contribution in [0, 0.1) is 5.92 Å². The molecular weight excluding hydrogens is 226 g/mol. The molecule has 18 heavy (non-hydrogen) atoms. The molecule has 3 nitrogen and oxygen atoms in total. The van der Waals surface area contributed by atoms with Crippen molar-refractivity contribution in [2.75, 3.05) is 12.4 Å². The van der Waals surface area contributed by atoms with Crippen LogP contribution in [0.5, 0.6) is 0 Å². The molecule has 0 heterocycles. The van der Waals surface area contributed by atoms with E-state index in [-0.39, 0.29) is 12.0 Å². The van der Waals surface area contributed by atoms with Gasteiger partial charge in [0.15, 0.2) is 0 Å². The molecule has 3 heteroatoms. The van der Waals surface area contributed by atoms with Crippen LogP contribution in [-0.4, -0.2) is 19.1 Å². The minimum Gasteiger partial charge on any atom is -0.467 e. The molecule has 0 radical (unpaired) electrons. The fourth-order valence-corrected chi connectivity index (χ4v) is 2.16. The molecule has 2 rings (SSSR count). The minimum absolute atomic E-state index is 0.157. The Hall–Kier alpha value is -1.51. The predicted octanol–water partition coefficient (Wildman–Crippen LogP) is 3.00. The van der Waals surface area contributed by atoms with Crippen LogP contribution in [0.25, 0.3) is 0 Å². The molecule has 0 bridgehead atoms. The van der Waals surface area contributed by atoms with Gasteiger partial charge in [-0.1, -0.05) is 25.5 Å². The molecule has 1 aromatic rings. The van der Waals surface area contributed by atoms with Crippen LogP contribution >= 0.6 is 0 Å². The van der Waals surface area contributed by atoms with Crippen LogP contribution in [-0.2, 0) is 16.0 Å². The third-order valence-corrected chi connectivity index (χ3v) is 3.36. The predicted molar refractivity (Wildman–Crippen MR) is 72.6 cm³/mol. The maximum atomic E-state index is 11.7. The number of nitrogens with one attached hydrogen (secondary N) is 1. The van der Waals surface area contributed by atoms with E-state index in [2.05, 4.69) is 24.4 Å². The van der Waals surface area contributed by atoms with Gasteiger partial charge in [-0.25, -0.2) is 4.79 Å². The second-order valence-electron chi connectivity index (χ2n) is 4.93. The van der Waals surface area contributed by atoms with E-state index in [1.807, 2.05) is 12.1 Å². The molecule has 1 aliphatic carbocycles. The van der Waals surface area contributed by atoms with Crippen LogP contribution in [0.2, 0.25) is 0 Å². The van der Waals surface area contributed by atoms with Crippen molar-refractivity contribution in [1.82, 2.24) is 0 Å². The Bertz CT molecular complexity index is 395. The summed E-state index contributed by atoms with van der Waals surface area (Å²) in [5.41, 5.74) is 2.33. The molecule has 0 amide bonds. The number of hydrogen-bond donors (Lipinski definition) is 1. The molecule has 1 aliphatic rings. The SMILES string of the molecule is CCCc1ccc(NC(C(=O)OC)C2CC2)cc1. The Kier molecular flexibility index (Phi) is 4.24. The lowest BCUT2D eigenvalue weighted by Crippen LogP contribution is -2.32. The van der Waals surface area contributed by atoms with E-state index in [0.717, 1.165) is 31.4 Å². The van der Waals surface area contributed by atoms with E-state index in [1.54, 1.807) is 0 Å². The Morgan fingerprint density at radius 2 is 2.06 bits per heavy atom. The Morgan fingerprint density at radius 3 is 2.56 bits per heavy atom. The summed E-state index contributed by atoms with van der Waals surface area (Å²) in [6.07, 6.45) is 4.48. The van der Waals surface area contributed by atoms with Gasteiger partial charge in [0.2, 0.25) is 0 Å². The highest BCUT2D eigenvalue weighted by Gasteiger charge is 2.36. The molecule has 1 aromatic carbocycles. The van der Waals surface area contributed by atoms with Crippen molar-refractivity contribution in [3.8, 4) is 0 Å². The number of carbonyl (C=O) groups is 1. The average Bonchev–Trinajstić information content (AvgIpc) is 3.21. The van der Waals surface area contributed by atoms with Gasteiger partial charge in [-0.3, -0.25) is 0 Å². The first-order valence-corrected chi connectivity index (χ1v) is 6.68. The molecule has 1 N–H and O–H groups in total. The number of benzene rings is 1. The fourth-order valence-electron chi connectivity index (χ4n) is 2.16. The number of ether oxygens (including phenoxy) is 1. The number of carbonyl (C=O) groups excluding carboxylic acids is 1. The second kappa shape index (κ2) is 5.89. The van der Waals surface area contributed by atoms with Gasteiger partial charge >= 0.3 is 5.97 Å². The van der Waals surface area contributed by atoms with Crippen molar-refractivity contribution in [2.24, 2.45) is 5.92 Å². The summed E-state index contributed by atoms with van der Waals surface area (Å²) in [6.45, 7) is 2.17. The summed E-state index contributed by atoms with van der Waals surface area (Å²) in [4.78, 5) is 11.7.